The number of carbonyl (C=O) groups excluding carboxylic acids is 1. The van der Waals surface area contributed by atoms with Gasteiger partial charge < -0.3 is 14.0 Å². The molecule has 2 aromatic carbocycles. The van der Waals surface area contributed by atoms with E-state index in [-0.39, 0.29) is 0 Å². The van der Waals surface area contributed by atoms with E-state index in [4.69, 9.17) is 14.0 Å². The molecule has 1 aromatic heterocycles. The Hall–Kier alpha value is -3.02. The number of hydrogen-bond acceptors (Lipinski definition) is 5. The Labute approximate surface area is 145 Å². The van der Waals surface area contributed by atoms with Gasteiger partial charge in [-0.05, 0) is 63.6 Å². The van der Waals surface area contributed by atoms with E-state index in [9.17, 15) is 4.79 Å². The SMILES string of the molecule is Cc1cc(NC(=O)OC(C)(C)C)ccc1Oc1ccc2conc2c1. The van der Waals surface area contributed by atoms with E-state index in [1.807, 2.05) is 52.0 Å². The maximum atomic E-state index is 11.8. The summed E-state index contributed by atoms with van der Waals surface area (Å²) >= 11 is 0. The number of carbonyl (C=O) groups is 1. The number of fused-ring (bicyclic) bond motifs is 1. The molecule has 0 aliphatic heterocycles. The Bertz CT molecular complexity index is 909. The summed E-state index contributed by atoms with van der Waals surface area (Å²) in [6, 6.07) is 10.9. The molecule has 0 saturated heterocycles. The molecule has 0 radical (unpaired) electrons. The largest absolute Gasteiger partial charge is 0.457 e. The van der Waals surface area contributed by atoms with Crippen LogP contribution in [0.5, 0.6) is 11.5 Å². The van der Waals surface area contributed by atoms with Gasteiger partial charge in [0.25, 0.3) is 0 Å². The van der Waals surface area contributed by atoms with E-state index in [1.165, 1.54) is 0 Å². The molecule has 25 heavy (non-hydrogen) atoms. The first-order chi connectivity index (χ1) is 11.8. The predicted octanol–water partition coefficient (Wildman–Crippen LogP) is 5.28. The normalized spacial score (nSPS) is 11.4. The maximum Gasteiger partial charge on any atom is 0.412 e. The number of anilines is 1. The number of rotatable bonds is 3. The second-order valence-corrected chi connectivity index (χ2v) is 6.74. The van der Waals surface area contributed by atoms with Gasteiger partial charge in [0.15, 0.2) is 0 Å². The number of hydrogen-bond donors (Lipinski definition) is 1. The van der Waals surface area contributed by atoms with Gasteiger partial charge in [0.05, 0.1) is 0 Å². The van der Waals surface area contributed by atoms with Crippen LogP contribution in [-0.2, 0) is 4.74 Å². The average Bonchev–Trinajstić information content (AvgIpc) is 2.95. The van der Waals surface area contributed by atoms with Crippen LogP contribution in [0.25, 0.3) is 10.9 Å². The van der Waals surface area contributed by atoms with Crippen molar-refractivity contribution < 1.29 is 18.8 Å². The minimum absolute atomic E-state index is 0.489. The third kappa shape index (κ3) is 4.29. The molecule has 3 aromatic rings. The first-order valence-electron chi connectivity index (χ1n) is 7.93. The molecule has 0 bridgehead atoms. The van der Waals surface area contributed by atoms with Crippen molar-refractivity contribution in [3.05, 3.63) is 48.2 Å². The van der Waals surface area contributed by atoms with E-state index in [2.05, 4.69) is 10.5 Å². The molecule has 0 fully saturated rings. The zero-order valence-corrected chi connectivity index (χ0v) is 14.6. The second-order valence-electron chi connectivity index (χ2n) is 6.74. The molecule has 6 heteroatoms. The molecule has 6 nitrogen and oxygen atoms in total. The lowest BCUT2D eigenvalue weighted by atomic mass is 10.2. The van der Waals surface area contributed by atoms with Crippen LogP contribution < -0.4 is 10.1 Å². The van der Waals surface area contributed by atoms with Gasteiger partial charge in [0, 0.05) is 17.1 Å². The van der Waals surface area contributed by atoms with E-state index in [0.29, 0.717) is 17.2 Å². The smallest absolute Gasteiger partial charge is 0.412 e. The highest BCUT2D eigenvalue weighted by molar-refractivity contribution is 5.85. The minimum atomic E-state index is -0.540. The van der Waals surface area contributed by atoms with Crippen LogP contribution in [0, 0.1) is 6.92 Å². The lowest BCUT2D eigenvalue weighted by Gasteiger charge is -2.20. The summed E-state index contributed by atoms with van der Waals surface area (Å²) in [5, 5.41) is 7.53. The van der Waals surface area contributed by atoms with E-state index in [0.717, 1.165) is 16.5 Å². The van der Waals surface area contributed by atoms with Crippen molar-refractivity contribution in [1.29, 1.82) is 0 Å². The summed E-state index contributed by atoms with van der Waals surface area (Å²) in [4.78, 5) is 11.8. The van der Waals surface area contributed by atoms with Crippen LogP contribution in [0.15, 0.2) is 47.2 Å². The lowest BCUT2D eigenvalue weighted by molar-refractivity contribution is 0.0636. The predicted molar refractivity (Wildman–Crippen MR) is 95.1 cm³/mol. The van der Waals surface area contributed by atoms with Crippen molar-refractivity contribution in [3.63, 3.8) is 0 Å². The molecule has 1 N–H and O–H groups in total. The van der Waals surface area contributed by atoms with Crippen LogP contribution in [-0.4, -0.2) is 16.9 Å². The van der Waals surface area contributed by atoms with Gasteiger partial charge in [0.1, 0.15) is 28.9 Å². The van der Waals surface area contributed by atoms with Crippen molar-refractivity contribution >= 4 is 22.7 Å². The van der Waals surface area contributed by atoms with E-state index < -0.39 is 11.7 Å². The molecule has 0 spiro atoms. The highest BCUT2D eigenvalue weighted by Crippen LogP contribution is 2.29. The number of nitrogens with one attached hydrogen (secondary N) is 1. The summed E-state index contributed by atoms with van der Waals surface area (Å²) in [5.41, 5.74) is 1.72. The second kappa shape index (κ2) is 6.47. The molecule has 1 amide bonds. The van der Waals surface area contributed by atoms with Crippen LogP contribution in [0.3, 0.4) is 0 Å². The van der Waals surface area contributed by atoms with Gasteiger partial charge in [0.2, 0.25) is 0 Å². The molecule has 0 aliphatic rings. The molecular weight excluding hydrogens is 320 g/mol. The summed E-state index contributed by atoms with van der Waals surface area (Å²) in [7, 11) is 0. The Morgan fingerprint density at radius 3 is 2.68 bits per heavy atom. The van der Waals surface area contributed by atoms with Crippen molar-refractivity contribution in [2.75, 3.05) is 5.32 Å². The van der Waals surface area contributed by atoms with Gasteiger partial charge in [-0.2, -0.15) is 0 Å². The Balaban J connectivity index is 1.72. The highest BCUT2D eigenvalue weighted by atomic mass is 16.6. The molecule has 3 rings (SSSR count). The quantitative estimate of drug-likeness (QED) is 0.702. The van der Waals surface area contributed by atoms with Gasteiger partial charge in [-0.15, -0.1) is 0 Å². The average molecular weight is 340 g/mol. The van der Waals surface area contributed by atoms with Gasteiger partial charge in [-0.3, -0.25) is 5.32 Å². The first kappa shape index (κ1) is 16.8. The van der Waals surface area contributed by atoms with E-state index in [1.54, 1.807) is 18.4 Å². The molecule has 0 atom stereocenters. The molecule has 130 valence electrons. The molecule has 1 heterocycles. The monoisotopic (exact) mass is 340 g/mol. The first-order valence-corrected chi connectivity index (χ1v) is 7.93. The van der Waals surface area contributed by atoms with Crippen LogP contribution in [0.4, 0.5) is 10.5 Å². The van der Waals surface area contributed by atoms with Crippen molar-refractivity contribution in [3.8, 4) is 11.5 Å². The molecule has 0 unspecified atom stereocenters. The molecule has 0 aliphatic carbocycles. The van der Waals surface area contributed by atoms with Gasteiger partial charge in [-0.25, -0.2) is 4.79 Å². The number of nitrogens with zero attached hydrogens (tertiary/aromatic N) is 1. The number of ether oxygens (including phenoxy) is 2. The summed E-state index contributed by atoms with van der Waals surface area (Å²) in [6.07, 6.45) is 1.10. The standard InChI is InChI=1S/C19H20N2O4/c1-12-9-14(20-18(22)25-19(2,3)4)6-8-17(12)24-15-7-5-13-11-23-21-16(13)10-15/h5-11H,1-4H3,(H,20,22). The zero-order chi connectivity index (χ0) is 18.0. The Morgan fingerprint density at radius 2 is 1.96 bits per heavy atom. The Kier molecular flexibility index (Phi) is 4.35. The molecule has 0 saturated carbocycles. The fraction of sp³-hybridized carbons (Fsp3) is 0.263. The minimum Gasteiger partial charge on any atom is -0.457 e. The number of aromatic nitrogens is 1. The van der Waals surface area contributed by atoms with E-state index >= 15 is 0 Å². The van der Waals surface area contributed by atoms with Crippen molar-refractivity contribution in [2.24, 2.45) is 0 Å². The summed E-state index contributed by atoms with van der Waals surface area (Å²) < 4.78 is 16.1. The van der Waals surface area contributed by atoms with Gasteiger partial charge >= 0.3 is 6.09 Å². The van der Waals surface area contributed by atoms with Crippen molar-refractivity contribution in [1.82, 2.24) is 5.16 Å². The van der Waals surface area contributed by atoms with Crippen LogP contribution in [0.1, 0.15) is 26.3 Å². The highest BCUT2D eigenvalue weighted by Gasteiger charge is 2.16. The Morgan fingerprint density at radius 1 is 1.16 bits per heavy atom. The van der Waals surface area contributed by atoms with Crippen LogP contribution in [0.2, 0.25) is 0 Å². The number of aryl methyl sites for hydroxylation is 1. The zero-order valence-electron chi connectivity index (χ0n) is 14.6. The topological polar surface area (TPSA) is 73.6 Å². The summed E-state index contributed by atoms with van der Waals surface area (Å²) in [6.45, 7) is 7.37. The fourth-order valence-electron chi connectivity index (χ4n) is 2.30. The van der Waals surface area contributed by atoms with Gasteiger partial charge in [-0.1, -0.05) is 5.16 Å². The number of benzene rings is 2. The van der Waals surface area contributed by atoms with Crippen molar-refractivity contribution in [2.45, 2.75) is 33.3 Å². The molecular formula is C19H20N2O4. The third-order valence-corrected chi connectivity index (χ3v) is 3.38. The van der Waals surface area contributed by atoms with Crippen LogP contribution >= 0.6 is 0 Å². The fourth-order valence-corrected chi connectivity index (χ4v) is 2.30. The summed E-state index contributed by atoms with van der Waals surface area (Å²) in [5.74, 6) is 1.36. The number of amides is 1. The lowest BCUT2D eigenvalue weighted by Crippen LogP contribution is -2.27. The third-order valence-electron chi connectivity index (χ3n) is 3.38. The maximum absolute atomic E-state index is 11.8.